The Hall–Kier alpha value is -1.86. The molecule has 0 aromatic heterocycles. The predicted molar refractivity (Wildman–Crippen MR) is 77.8 cm³/mol. The Morgan fingerprint density at radius 3 is 2.40 bits per heavy atom. The molecule has 4 nitrogen and oxygen atoms in total. The highest BCUT2D eigenvalue weighted by Gasteiger charge is 2.30. The van der Waals surface area contributed by atoms with Crippen LogP contribution in [0.15, 0.2) is 30.3 Å². The second kappa shape index (κ2) is 6.53. The van der Waals surface area contributed by atoms with Crippen molar-refractivity contribution in [2.75, 3.05) is 27.2 Å². The third-order valence-corrected chi connectivity index (χ3v) is 3.85. The summed E-state index contributed by atoms with van der Waals surface area (Å²) in [6.45, 7) is 1.38. The van der Waals surface area contributed by atoms with E-state index in [2.05, 4.69) is 6.07 Å². The lowest BCUT2D eigenvalue weighted by Crippen LogP contribution is -2.44. The molecule has 2 rings (SSSR count). The number of hydrogen-bond donors (Lipinski definition) is 0. The molecule has 1 fully saturated rings. The van der Waals surface area contributed by atoms with Crippen LogP contribution in [0.4, 0.5) is 0 Å². The molecule has 0 N–H and O–H groups in total. The molecule has 1 aliphatic heterocycles. The standard InChI is InChI=1S/C16H21N3O/c1-18(2)15(14-6-4-3-5-7-14)16(20)19-10-8-13(12-17)9-11-19/h3-7,13,15H,8-11H2,1-2H3. The van der Waals surface area contributed by atoms with E-state index in [4.69, 9.17) is 5.26 Å². The lowest BCUT2D eigenvalue weighted by atomic mass is 9.97. The summed E-state index contributed by atoms with van der Waals surface area (Å²) >= 11 is 0. The van der Waals surface area contributed by atoms with Gasteiger partial charge in [-0.25, -0.2) is 0 Å². The maximum Gasteiger partial charge on any atom is 0.244 e. The molecule has 0 bridgehead atoms. The van der Waals surface area contributed by atoms with E-state index < -0.39 is 0 Å². The van der Waals surface area contributed by atoms with E-state index in [-0.39, 0.29) is 17.9 Å². The number of nitriles is 1. The Labute approximate surface area is 120 Å². The summed E-state index contributed by atoms with van der Waals surface area (Å²) < 4.78 is 0. The van der Waals surface area contributed by atoms with Crippen LogP contribution < -0.4 is 0 Å². The highest BCUT2D eigenvalue weighted by Crippen LogP contribution is 2.24. The molecule has 0 saturated carbocycles. The Morgan fingerprint density at radius 2 is 1.90 bits per heavy atom. The number of carbonyl (C=O) groups excluding carboxylic acids is 1. The van der Waals surface area contributed by atoms with Crippen molar-refractivity contribution in [1.29, 1.82) is 5.26 Å². The third kappa shape index (κ3) is 3.17. The fraction of sp³-hybridized carbons (Fsp3) is 0.500. The highest BCUT2D eigenvalue weighted by molar-refractivity contribution is 5.83. The molecule has 1 aromatic carbocycles. The zero-order valence-electron chi connectivity index (χ0n) is 12.1. The van der Waals surface area contributed by atoms with Crippen LogP contribution in [0.5, 0.6) is 0 Å². The number of rotatable bonds is 3. The minimum atomic E-state index is -0.241. The van der Waals surface area contributed by atoms with Gasteiger partial charge in [-0.15, -0.1) is 0 Å². The van der Waals surface area contributed by atoms with Gasteiger partial charge in [-0.05, 0) is 32.5 Å². The first kappa shape index (κ1) is 14.5. The van der Waals surface area contributed by atoms with E-state index in [1.807, 2.05) is 54.2 Å². The molecule has 4 heteroatoms. The average Bonchev–Trinajstić information content (AvgIpc) is 2.48. The van der Waals surface area contributed by atoms with Crippen molar-refractivity contribution in [3.8, 4) is 6.07 Å². The van der Waals surface area contributed by atoms with Gasteiger partial charge in [0.25, 0.3) is 0 Å². The fourth-order valence-electron chi connectivity index (χ4n) is 2.70. The quantitative estimate of drug-likeness (QED) is 0.845. The molecule has 1 unspecified atom stereocenters. The van der Waals surface area contributed by atoms with Gasteiger partial charge in [-0.3, -0.25) is 9.69 Å². The molecule has 1 heterocycles. The lowest BCUT2D eigenvalue weighted by Gasteiger charge is -2.34. The Balaban J connectivity index is 2.11. The third-order valence-electron chi connectivity index (χ3n) is 3.85. The first-order valence-corrected chi connectivity index (χ1v) is 7.03. The van der Waals surface area contributed by atoms with E-state index in [0.29, 0.717) is 13.1 Å². The van der Waals surface area contributed by atoms with E-state index in [0.717, 1.165) is 18.4 Å². The second-order valence-corrected chi connectivity index (χ2v) is 5.51. The second-order valence-electron chi connectivity index (χ2n) is 5.51. The van der Waals surface area contributed by atoms with Crippen LogP contribution >= 0.6 is 0 Å². The first-order chi connectivity index (χ1) is 9.63. The van der Waals surface area contributed by atoms with Gasteiger partial charge in [0, 0.05) is 19.0 Å². The van der Waals surface area contributed by atoms with Crippen molar-refractivity contribution >= 4 is 5.91 Å². The Bertz CT molecular complexity index is 484. The van der Waals surface area contributed by atoms with Crippen molar-refractivity contribution in [3.63, 3.8) is 0 Å². The summed E-state index contributed by atoms with van der Waals surface area (Å²) in [4.78, 5) is 16.6. The van der Waals surface area contributed by atoms with E-state index in [9.17, 15) is 4.79 Å². The lowest BCUT2D eigenvalue weighted by molar-refractivity contribution is -0.137. The van der Waals surface area contributed by atoms with Crippen molar-refractivity contribution in [1.82, 2.24) is 9.80 Å². The predicted octanol–water partition coefficient (Wildman–Crippen LogP) is 2.05. The smallest absolute Gasteiger partial charge is 0.244 e. The molecule has 0 spiro atoms. The summed E-state index contributed by atoms with van der Waals surface area (Å²) in [7, 11) is 3.86. The summed E-state index contributed by atoms with van der Waals surface area (Å²) in [6.07, 6.45) is 1.58. The molecule has 1 saturated heterocycles. The van der Waals surface area contributed by atoms with Crippen LogP contribution in [0.3, 0.4) is 0 Å². The molecular formula is C16H21N3O. The minimum absolute atomic E-state index is 0.105. The largest absolute Gasteiger partial charge is 0.341 e. The van der Waals surface area contributed by atoms with Crippen molar-refractivity contribution in [2.45, 2.75) is 18.9 Å². The normalized spacial score (nSPS) is 17.8. The van der Waals surface area contributed by atoms with Crippen LogP contribution in [0.2, 0.25) is 0 Å². The van der Waals surface area contributed by atoms with E-state index in [1.54, 1.807) is 0 Å². The topological polar surface area (TPSA) is 47.3 Å². The number of likely N-dealkylation sites (tertiary alicyclic amines) is 1. The monoisotopic (exact) mass is 271 g/mol. The van der Waals surface area contributed by atoms with Crippen molar-refractivity contribution in [3.05, 3.63) is 35.9 Å². The fourth-order valence-corrected chi connectivity index (χ4v) is 2.70. The maximum absolute atomic E-state index is 12.7. The van der Waals surface area contributed by atoms with E-state index >= 15 is 0 Å². The molecule has 1 aromatic rings. The molecule has 0 aliphatic carbocycles. The summed E-state index contributed by atoms with van der Waals surface area (Å²) in [5, 5.41) is 8.93. The molecule has 106 valence electrons. The molecule has 1 amide bonds. The molecule has 20 heavy (non-hydrogen) atoms. The van der Waals surface area contributed by atoms with E-state index in [1.165, 1.54) is 0 Å². The summed E-state index contributed by atoms with van der Waals surface area (Å²) in [6, 6.07) is 11.9. The zero-order valence-corrected chi connectivity index (χ0v) is 12.1. The van der Waals surface area contributed by atoms with Crippen LogP contribution in [-0.2, 0) is 4.79 Å². The van der Waals surface area contributed by atoms with Gasteiger partial charge in [0.05, 0.1) is 6.07 Å². The average molecular weight is 271 g/mol. The van der Waals surface area contributed by atoms with Gasteiger partial charge in [0.1, 0.15) is 6.04 Å². The number of nitrogens with zero attached hydrogens (tertiary/aromatic N) is 3. The van der Waals surface area contributed by atoms with Crippen LogP contribution in [0.25, 0.3) is 0 Å². The number of hydrogen-bond acceptors (Lipinski definition) is 3. The van der Waals surface area contributed by atoms with Gasteiger partial charge >= 0.3 is 0 Å². The first-order valence-electron chi connectivity index (χ1n) is 7.03. The van der Waals surface area contributed by atoms with Crippen LogP contribution in [-0.4, -0.2) is 42.9 Å². The minimum Gasteiger partial charge on any atom is -0.341 e. The van der Waals surface area contributed by atoms with Crippen LogP contribution in [0.1, 0.15) is 24.4 Å². The van der Waals surface area contributed by atoms with Gasteiger partial charge in [0.15, 0.2) is 0 Å². The number of carbonyl (C=O) groups is 1. The number of piperidine rings is 1. The molecule has 1 aliphatic rings. The maximum atomic E-state index is 12.7. The Morgan fingerprint density at radius 1 is 1.30 bits per heavy atom. The molecular weight excluding hydrogens is 250 g/mol. The van der Waals surface area contributed by atoms with Gasteiger partial charge < -0.3 is 4.90 Å². The zero-order chi connectivity index (χ0) is 14.5. The van der Waals surface area contributed by atoms with Crippen LogP contribution in [0, 0.1) is 17.2 Å². The number of benzene rings is 1. The van der Waals surface area contributed by atoms with Crippen molar-refractivity contribution < 1.29 is 4.79 Å². The summed E-state index contributed by atoms with van der Waals surface area (Å²) in [5.74, 6) is 0.242. The van der Waals surface area contributed by atoms with Gasteiger partial charge in [0.2, 0.25) is 5.91 Å². The molecule has 0 radical (unpaired) electrons. The molecule has 1 atom stereocenters. The Kier molecular flexibility index (Phi) is 4.75. The SMILES string of the molecule is CN(C)C(C(=O)N1CCC(C#N)CC1)c1ccccc1. The van der Waals surface area contributed by atoms with Gasteiger partial charge in [-0.1, -0.05) is 30.3 Å². The number of amides is 1. The van der Waals surface area contributed by atoms with Gasteiger partial charge in [-0.2, -0.15) is 5.26 Å². The highest BCUT2D eigenvalue weighted by atomic mass is 16.2. The number of likely N-dealkylation sites (N-methyl/N-ethyl adjacent to an activating group) is 1. The summed E-state index contributed by atoms with van der Waals surface area (Å²) in [5.41, 5.74) is 1.02. The van der Waals surface area contributed by atoms with Crippen molar-refractivity contribution in [2.24, 2.45) is 5.92 Å².